The summed E-state index contributed by atoms with van der Waals surface area (Å²) in [6.45, 7) is 5.53. The van der Waals surface area contributed by atoms with Crippen molar-refractivity contribution >= 4 is 17.1 Å². The first kappa shape index (κ1) is 18.8. The summed E-state index contributed by atoms with van der Waals surface area (Å²) in [6, 6.07) is 5.10. The van der Waals surface area contributed by atoms with Gasteiger partial charge in [0.15, 0.2) is 0 Å². The Labute approximate surface area is 148 Å². The number of rotatable bonds is 6. The monoisotopic (exact) mass is 345 g/mol. The molecule has 0 radical (unpaired) electrons. The van der Waals surface area contributed by atoms with Crippen LogP contribution < -0.4 is 15.8 Å². The van der Waals surface area contributed by atoms with Crippen molar-refractivity contribution in [2.24, 2.45) is 0 Å². The van der Waals surface area contributed by atoms with Crippen LogP contribution in [0.2, 0.25) is 0 Å². The quantitative estimate of drug-likeness (QED) is 0.465. The molecule has 7 heteroatoms. The van der Waals surface area contributed by atoms with E-state index in [0.717, 1.165) is 18.9 Å². The maximum atomic E-state index is 8.33. The first-order valence-corrected chi connectivity index (χ1v) is 8.27. The van der Waals surface area contributed by atoms with Crippen molar-refractivity contribution in [1.29, 1.82) is 10.8 Å². The van der Waals surface area contributed by atoms with Gasteiger partial charge in [0, 0.05) is 37.5 Å². The van der Waals surface area contributed by atoms with Crippen molar-refractivity contribution in [3.05, 3.63) is 35.7 Å². The predicted molar refractivity (Wildman–Crippen MR) is 101 cm³/mol. The fourth-order valence-corrected chi connectivity index (χ4v) is 2.93. The lowest BCUT2D eigenvalue weighted by Gasteiger charge is -2.38. The van der Waals surface area contributed by atoms with Crippen LogP contribution in [0.3, 0.4) is 0 Å². The molecule has 1 saturated heterocycles. The molecule has 1 heterocycles. The van der Waals surface area contributed by atoms with Gasteiger partial charge in [-0.25, -0.2) is 0 Å². The summed E-state index contributed by atoms with van der Waals surface area (Å²) in [4.78, 5) is 2.13. The molecule has 1 aliphatic heterocycles. The molecular weight excluding hydrogens is 318 g/mol. The van der Waals surface area contributed by atoms with Gasteiger partial charge in [-0.05, 0) is 32.0 Å². The first-order valence-electron chi connectivity index (χ1n) is 8.27. The van der Waals surface area contributed by atoms with Crippen LogP contribution in [0.1, 0.15) is 19.4 Å². The number of nitrogens with zero attached hydrogens (tertiary/aromatic N) is 1. The van der Waals surface area contributed by atoms with Crippen LogP contribution in [0.25, 0.3) is 0 Å². The predicted octanol–water partition coefficient (Wildman–Crippen LogP) is 1.84. The summed E-state index contributed by atoms with van der Waals surface area (Å²) in [5, 5.41) is 19.8. The van der Waals surface area contributed by atoms with Gasteiger partial charge in [0.25, 0.3) is 0 Å². The molecule has 0 aliphatic carbocycles. The first-order chi connectivity index (χ1) is 11.8. The molecular formula is C18H27N5O2. The Morgan fingerprint density at radius 3 is 2.52 bits per heavy atom. The van der Waals surface area contributed by atoms with Crippen molar-refractivity contribution in [3.63, 3.8) is 0 Å². The molecule has 0 bridgehead atoms. The lowest BCUT2D eigenvalue weighted by molar-refractivity contribution is -0.0593. The highest BCUT2D eigenvalue weighted by Crippen LogP contribution is 2.21. The number of morpholine rings is 1. The van der Waals surface area contributed by atoms with Crippen LogP contribution in [0.5, 0.6) is 5.75 Å². The normalized spacial score (nSPS) is 21.0. The number of nitrogens with two attached hydrogens (primary N) is 1. The number of hydrogen-bond acceptors (Lipinski definition) is 7. The maximum Gasteiger partial charge on any atom is 0.119 e. The van der Waals surface area contributed by atoms with Gasteiger partial charge >= 0.3 is 0 Å². The number of nitrogens with one attached hydrogen (secondary N) is 3. The zero-order valence-electron chi connectivity index (χ0n) is 15.2. The molecule has 1 aromatic carbocycles. The SMILES string of the molecule is CN/C(=C\C(=N)C(=N)c1cc(OC)ccc1N)N1CC(C)OC(C)C1. The summed E-state index contributed by atoms with van der Waals surface area (Å²) in [6.07, 6.45) is 1.89. The van der Waals surface area contributed by atoms with Crippen LogP contribution in [0.4, 0.5) is 5.69 Å². The lowest BCUT2D eigenvalue weighted by Crippen LogP contribution is -2.47. The van der Waals surface area contributed by atoms with Crippen molar-refractivity contribution in [1.82, 2.24) is 10.2 Å². The molecule has 2 rings (SSSR count). The van der Waals surface area contributed by atoms with E-state index in [1.165, 1.54) is 0 Å². The Morgan fingerprint density at radius 2 is 1.96 bits per heavy atom. The molecule has 1 aromatic rings. The van der Waals surface area contributed by atoms with Crippen molar-refractivity contribution in [2.45, 2.75) is 26.1 Å². The third-order valence-electron chi connectivity index (χ3n) is 4.10. The zero-order valence-corrected chi connectivity index (χ0v) is 15.2. The topological polar surface area (TPSA) is 107 Å². The summed E-state index contributed by atoms with van der Waals surface area (Å²) in [5.74, 6) is 1.40. The number of hydrogen-bond donors (Lipinski definition) is 4. The smallest absolute Gasteiger partial charge is 0.119 e. The number of methoxy groups -OCH3 is 1. The third-order valence-corrected chi connectivity index (χ3v) is 4.10. The number of anilines is 1. The van der Waals surface area contributed by atoms with Gasteiger partial charge in [-0.15, -0.1) is 0 Å². The second-order valence-corrected chi connectivity index (χ2v) is 6.18. The van der Waals surface area contributed by atoms with E-state index >= 15 is 0 Å². The lowest BCUT2D eigenvalue weighted by atomic mass is 10.0. The van der Waals surface area contributed by atoms with Crippen LogP contribution >= 0.6 is 0 Å². The van der Waals surface area contributed by atoms with Crippen molar-refractivity contribution in [3.8, 4) is 5.75 Å². The fourth-order valence-electron chi connectivity index (χ4n) is 2.93. The molecule has 2 unspecified atom stereocenters. The highest BCUT2D eigenvalue weighted by molar-refractivity contribution is 6.50. The van der Waals surface area contributed by atoms with Crippen molar-refractivity contribution in [2.75, 3.05) is 33.0 Å². The molecule has 1 aliphatic rings. The Kier molecular flexibility index (Phi) is 6.03. The summed E-state index contributed by atoms with van der Waals surface area (Å²) < 4.78 is 10.9. The molecule has 7 nitrogen and oxygen atoms in total. The summed E-state index contributed by atoms with van der Waals surface area (Å²) in [7, 11) is 3.37. The third kappa shape index (κ3) is 4.51. The van der Waals surface area contributed by atoms with Crippen LogP contribution in [-0.4, -0.2) is 55.8 Å². The Morgan fingerprint density at radius 1 is 1.32 bits per heavy atom. The molecule has 0 spiro atoms. The average Bonchev–Trinajstić information content (AvgIpc) is 2.58. The molecule has 5 N–H and O–H groups in total. The molecule has 1 fully saturated rings. The summed E-state index contributed by atoms with van der Waals surface area (Å²) >= 11 is 0. The van der Waals surface area contributed by atoms with Gasteiger partial charge in [0.05, 0.1) is 30.7 Å². The standard InChI is InChI=1S/C18H27N5O2/c1-11-9-23(10-12(2)25-11)17(22-3)8-16(20)18(21)14-7-13(24-4)5-6-15(14)19/h5-8,11-12,20-22H,9-10,19H2,1-4H3/b17-8+,20-16?,21-18?. The number of benzene rings is 1. The van der Waals surface area contributed by atoms with E-state index in [1.54, 1.807) is 31.4 Å². The summed E-state index contributed by atoms with van der Waals surface area (Å²) in [5.41, 5.74) is 7.04. The minimum absolute atomic E-state index is 0.0542. The van der Waals surface area contributed by atoms with E-state index in [4.69, 9.17) is 26.0 Å². The number of nitrogen functional groups attached to an aromatic ring is 1. The van der Waals surface area contributed by atoms with Crippen LogP contribution in [0.15, 0.2) is 30.1 Å². The second kappa shape index (κ2) is 8.02. The van der Waals surface area contributed by atoms with E-state index in [-0.39, 0.29) is 23.6 Å². The molecule has 2 atom stereocenters. The molecule has 0 amide bonds. The highest BCUT2D eigenvalue weighted by atomic mass is 16.5. The van der Waals surface area contributed by atoms with Gasteiger partial charge < -0.3 is 25.4 Å². The van der Waals surface area contributed by atoms with Gasteiger partial charge in [-0.3, -0.25) is 10.8 Å². The van der Waals surface area contributed by atoms with E-state index in [2.05, 4.69) is 10.2 Å². The van der Waals surface area contributed by atoms with E-state index in [0.29, 0.717) is 17.0 Å². The molecule has 0 aromatic heterocycles. The van der Waals surface area contributed by atoms with Crippen LogP contribution in [0, 0.1) is 10.8 Å². The maximum absolute atomic E-state index is 8.33. The van der Waals surface area contributed by atoms with Gasteiger partial charge in [-0.2, -0.15) is 0 Å². The van der Waals surface area contributed by atoms with Gasteiger partial charge in [0.2, 0.25) is 0 Å². The van der Waals surface area contributed by atoms with E-state index < -0.39 is 0 Å². The van der Waals surface area contributed by atoms with E-state index in [9.17, 15) is 0 Å². The van der Waals surface area contributed by atoms with Crippen molar-refractivity contribution < 1.29 is 9.47 Å². The second-order valence-electron chi connectivity index (χ2n) is 6.18. The minimum atomic E-state index is 0.0542. The zero-order chi connectivity index (χ0) is 18.6. The van der Waals surface area contributed by atoms with Gasteiger partial charge in [0.1, 0.15) is 11.6 Å². The Hall–Kier alpha value is -2.54. The molecule has 136 valence electrons. The average molecular weight is 345 g/mol. The highest BCUT2D eigenvalue weighted by Gasteiger charge is 2.24. The Bertz CT molecular complexity index is 676. The number of ether oxygens (including phenoxy) is 2. The largest absolute Gasteiger partial charge is 0.497 e. The Balaban J connectivity index is 2.23. The molecule has 0 saturated carbocycles. The molecule has 25 heavy (non-hydrogen) atoms. The fraction of sp³-hybridized carbons (Fsp3) is 0.444. The van der Waals surface area contributed by atoms with Crippen LogP contribution in [-0.2, 0) is 4.74 Å². The van der Waals surface area contributed by atoms with E-state index in [1.807, 2.05) is 20.9 Å². The van der Waals surface area contributed by atoms with Gasteiger partial charge in [-0.1, -0.05) is 0 Å². The number of allylic oxidation sites excluding steroid dienone is 1. The minimum Gasteiger partial charge on any atom is -0.497 e.